The highest BCUT2D eigenvalue weighted by Gasteiger charge is 1.83. The molecule has 0 bridgehead atoms. The third-order valence-corrected chi connectivity index (χ3v) is 0.966. The standard InChI is InChI=1S/C7H14N2/c1-4-9-6-7(2)5-8-3/h5,9H,3-4,6H2,1-2H3/b7-5-. The van der Waals surface area contributed by atoms with E-state index >= 15 is 0 Å². The maximum atomic E-state index is 3.64. The van der Waals surface area contributed by atoms with Crippen molar-refractivity contribution in [3.05, 3.63) is 11.8 Å². The van der Waals surface area contributed by atoms with Crippen LogP contribution in [-0.4, -0.2) is 19.8 Å². The number of nitrogens with one attached hydrogen (secondary N) is 1. The summed E-state index contributed by atoms with van der Waals surface area (Å²) in [7, 11) is 0. The van der Waals surface area contributed by atoms with Crippen LogP contribution in [0.3, 0.4) is 0 Å². The molecule has 0 aliphatic carbocycles. The minimum atomic E-state index is 0.912. The smallest absolute Gasteiger partial charge is 0.0262 e. The van der Waals surface area contributed by atoms with Gasteiger partial charge < -0.3 is 5.32 Å². The van der Waals surface area contributed by atoms with E-state index in [1.54, 1.807) is 6.20 Å². The lowest BCUT2D eigenvalue weighted by Crippen LogP contribution is -2.14. The minimum absolute atomic E-state index is 0.912. The molecule has 0 aromatic heterocycles. The first-order valence-electron chi connectivity index (χ1n) is 3.13. The highest BCUT2D eigenvalue weighted by atomic mass is 14.8. The fourth-order valence-corrected chi connectivity index (χ4v) is 0.524. The predicted molar refractivity (Wildman–Crippen MR) is 41.8 cm³/mol. The second-order valence-electron chi connectivity index (χ2n) is 1.94. The normalized spacial score (nSPS) is 11.6. The average molecular weight is 126 g/mol. The maximum Gasteiger partial charge on any atom is 0.0262 e. The highest BCUT2D eigenvalue weighted by Crippen LogP contribution is 1.87. The van der Waals surface area contributed by atoms with Crippen LogP contribution < -0.4 is 5.32 Å². The number of nitrogens with zero attached hydrogens (tertiary/aromatic N) is 1. The highest BCUT2D eigenvalue weighted by molar-refractivity contribution is 5.26. The molecule has 0 aromatic carbocycles. The van der Waals surface area contributed by atoms with Crippen LogP contribution in [0.25, 0.3) is 0 Å². The van der Waals surface area contributed by atoms with E-state index in [0.717, 1.165) is 13.1 Å². The molecule has 52 valence electrons. The summed E-state index contributed by atoms with van der Waals surface area (Å²) in [6, 6.07) is 0. The summed E-state index contributed by atoms with van der Waals surface area (Å²) in [5.74, 6) is 0. The van der Waals surface area contributed by atoms with E-state index in [-0.39, 0.29) is 0 Å². The van der Waals surface area contributed by atoms with E-state index in [0.29, 0.717) is 0 Å². The molecule has 0 fully saturated rings. The molecule has 1 N–H and O–H groups in total. The molecule has 0 atom stereocenters. The number of hydrogen-bond acceptors (Lipinski definition) is 2. The van der Waals surface area contributed by atoms with Crippen LogP contribution in [0.5, 0.6) is 0 Å². The fourth-order valence-electron chi connectivity index (χ4n) is 0.524. The van der Waals surface area contributed by atoms with Crippen molar-refractivity contribution >= 4 is 6.72 Å². The van der Waals surface area contributed by atoms with Crippen molar-refractivity contribution in [2.24, 2.45) is 4.99 Å². The largest absolute Gasteiger partial charge is 0.313 e. The SMILES string of the molecule is C=N/C=C(/C)CNCC. The van der Waals surface area contributed by atoms with Gasteiger partial charge in [-0.2, -0.15) is 0 Å². The Bertz CT molecular complexity index is 105. The van der Waals surface area contributed by atoms with Crippen LogP contribution in [0.4, 0.5) is 0 Å². The van der Waals surface area contributed by atoms with Crippen molar-refractivity contribution in [3.63, 3.8) is 0 Å². The molecule has 0 amide bonds. The van der Waals surface area contributed by atoms with E-state index in [1.165, 1.54) is 5.57 Å². The first-order valence-corrected chi connectivity index (χ1v) is 3.13. The summed E-state index contributed by atoms with van der Waals surface area (Å²) in [4.78, 5) is 3.64. The summed E-state index contributed by atoms with van der Waals surface area (Å²) in [5, 5.41) is 3.18. The van der Waals surface area contributed by atoms with Crippen LogP contribution >= 0.6 is 0 Å². The Balaban J connectivity index is 3.36. The van der Waals surface area contributed by atoms with Gasteiger partial charge in [0, 0.05) is 12.7 Å². The van der Waals surface area contributed by atoms with Crippen molar-refractivity contribution in [3.8, 4) is 0 Å². The van der Waals surface area contributed by atoms with Crippen LogP contribution in [0.2, 0.25) is 0 Å². The van der Waals surface area contributed by atoms with Gasteiger partial charge in [0.15, 0.2) is 0 Å². The van der Waals surface area contributed by atoms with E-state index in [2.05, 4.69) is 24.0 Å². The zero-order chi connectivity index (χ0) is 7.11. The van der Waals surface area contributed by atoms with Gasteiger partial charge in [0.1, 0.15) is 0 Å². The molecular formula is C7H14N2. The zero-order valence-electron chi connectivity index (χ0n) is 6.15. The maximum absolute atomic E-state index is 3.64. The van der Waals surface area contributed by atoms with Crippen LogP contribution in [0, 0.1) is 0 Å². The number of likely N-dealkylation sites (N-methyl/N-ethyl adjacent to an activating group) is 1. The summed E-state index contributed by atoms with van der Waals surface area (Å²) in [6.45, 7) is 9.37. The molecule has 0 radical (unpaired) electrons. The first-order chi connectivity index (χ1) is 4.31. The van der Waals surface area contributed by atoms with E-state index in [4.69, 9.17) is 0 Å². The van der Waals surface area contributed by atoms with Crippen molar-refractivity contribution in [1.29, 1.82) is 0 Å². The molecule has 0 rings (SSSR count). The van der Waals surface area contributed by atoms with Gasteiger partial charge in [-0.1, -0.05) is 6.92 Å². The molecule has 2 nitrogen and oxygen atoms in total. The second-order valence-corrected chi connectivity index (χ2v) is 1.94. The first kappa shape index (κ1) is 8.37. The van der Waals surface area contributed by atoms with Crippen LogP contribution in [0.1, 0.15) is 13.8 Å². The molecule has 0 saturated heterocycles. The number of rotatable bonds is 4. The van der Waals surface area contributed by atoms with Gasteiger partial charge in [0.25, 0.3) is 0 Å². The predicted octanol–water partition coefficient (Wildman–Crippen LogP) is 1.20. The van der Waals surface area contributed by atoms with Crippen LogP contribution in [0.15, 0.2) is 16.8 Å². The van der Waals surface area contributed by atoms with E-state index in [9.17, 15) is 0 Å². The number of hydrogen-bond donors (Lipinski definition) is 1. The second kappa shape index (κ2) is 5.51. The average Bonchev–Trinajstić information content (AvgIpc) is 1.85. The minimum Gasteiger partial charge on any atom is -0.313 e. The Morgan fingerprint density at radius 1 is 1.78 bits per heavy atom. The third kappa shape index (κ3) is 5.24. The Morgan fingerprint density at radius 3 is 2.89 bits per heavy atom. The Kier molecular flexibility index (Phi) is 5.12. The van der Waals surface area contributed by atoms with Gasteiger partial charge in [0.2, 0.25) is 0 Å². The zero-order valence-corrected chi connectivity index (χ0v) is 6.15. The summed E-state index contributed by atoms with van der Waals surface area (Å²) in [6.07, 6.45) is 1.77. The van der Waals surface area contributed by atoms with Gasteiger partial charge in [-0.25, -0.2) is 0 Å². The van der Waals surface area contributed by atoms with E-state index in [1.807, 2.05) is 6.92 Å². The summed E-state index contributed by atoms with van der Waals surface area (Å²) < 4.78 is 0. The lowest BCUT2D eigenvalue weighted by Gasteiger charge is -1.97. The molecule has 9 heavy (non-hydrogen) atoms. The third-order valence-electron chi connectivity index (χ3n) is 0.966. The molecule has 0 aliphatic heterocycles. The molecular weight excluding hydrogens is 112 g/mol. The quantitative estimate of drug-likeness (QED) is 0.562. The molecule has 0 saturated carbocycles. The summed E-state index contributed by atoms with van der Waals surface area (Å²) >= 11 is 0. The molecule has 0 unspecified atom stereocenters. The van der Waals surface area contributed by atoms with E-state index < -0.39 is 0 Å². The monoisotopic (exact) mass is 126 g/mol. The Hall–Kier alpha value is -0.630. The lowest BCUT2D eigenvalue weighted by molar-refractivity contribution is 0.775. The van der Waals surface area contributed by atoms with Crippen molar-refractivity contribution < 1.29 is 0 Å². The van der Waals surface area contributed by atoms with Crippen LogP contribution in [-0.2, 0) is 0 Å². The summed E-state index contributed by atoms with van der Waals surface area (Å²) in [5.41, 5.74) is 1.21. The van der Waals surface area contributed by atoms with Gasteiger partial charge in [-0.15, -0.1) is 0 Å². The number of aliphatic imine (C=N–C) groups is 1. The molecule has 0 spiro atoms. The fraction of sp³-hybridized carbons (Fsp3) is 0.571. The van der Waals surface area contributed by atoms with Gasteiger partial charge >= 0.3 is 0 Å². The molecule has 0 heterocycles. The lowest BCUT2D eigenvalue weighted by atomic mass is 10.3. The topological polar surface area (TPSA) is 24.4 Å². The van der Waals surface area contributed by atoms with Gasteiger partial charge in [0.05, 0.1) is 0 Å². The molecule has 0 aromatic rings. The Labute approximate surface area is 56.7 Å². The van der Waals surface area contributed by atoms with Crippen molar-refractivity contribution in [2.75, 3.05) is 13.1 Å². The van der Waals surface area contributed by atoms with Gasteiger partial charge in [-0.3, -0.25) is 4.99 Å². The molecule has 0 aliphatic rings. The van der Waals surface area contributed by atoms with Crippen molar-refractivity contribution in [1.82, 2.24) is 5.32 Å². The van der Waals surface area contributed by atoms with Crippen molar-refractivity contribution in [2.45, 2.75) is 13.8 Å². The molecule has 2 heteroatoms. The Morgan fingerprint density at radius 2 is 2.44 bits per heavy atom. The van der Waals surface area contributed by atoms with Gasteiger partial charge in [-0.05, 0) is 25.8 Å².